The van der Waals surface area contributed by atoms with Gasteiger partial charge in [-0.2, -0.15) is 0 Å². The van der Waals surface area contributed by atoms with E-state index in [2.05, 4.69) is 11.1 Å². The summed E-state index contributed by atoms with van der Waals surface area (Å²) in [4.78, 5) is 51.5. The highest BCUT2D eigenvalue weighted by molar-refractivity contribution is 7.14. The van der Waals surface area contributed by atoms with E-state index in [1.165, 1.54) is 11.3 Å². The van der Waals surface area contributed by atoms with Gasteiger partial charge in [-0.3, -0.25) is 24.2 Å². The van der Waals surface area contributed by atoms with Crippen LogP contribution in [0, 0.1) is 11.8 Å². The van der Waals surface area contributed by atoms with Crippen LogP contribution in [0.2, 0.25) is 0 Å². The van der Waals surface area contributed by atoms with Gasteiger partial charge in [0.15, 0.2) is 5.13 Å². The van der Waals surface area contributed by atoms with Crippen LogP contribution in [0.1, 0.15) is 70.8 Å². The molecule has 0 spiro atoms. The number of hydrogen-bond acceptors (Lipinski definition) is 6. The summed E-state index contributed by atoms with van der Waals surface area (Å²) in [7, 11) is 1.76. The first-order valence-electron chi connectivity index (χ1n) is 14.5. The van der Waals surface area contributed by atoms with Crippen molar-refractivity contribution in [2.45, 2.75) is 76.7 Å². The van der Waals surface area contributed by atoms with Gasteiger partial charge in [0.1, 0.15) is 5.82 Å². The van der Waals surface area contributed by atoms with Crippen LogP contribution in [0.5, 0.6) is 0 Å². The summed E-state index contributed by atoms with van der Waals surface area (Å²) < 4.78 is 0. The molecule has 2 saturated carbocycles. The maximum Gasteiger partial charge on any atom is 0.304 e. The van der Waals surface area contributed by atoms with Crippen molar-refractivity contribution in [1.29, 1.82) is 0 Å². The number of rotatable bonds is 9. The van der Waals surface area contributed by atoms with Crippen LogP contribution in [-0.2, 0) is 19.8 Å². The van der Waals surface area contributed by atoms with Crippen LogP contribution >= 0.6 is 11.3 Å². The number of benzene rings is 1. The third-order valence-corrected chi connectivity index (χ3v) is 9.76. The van der Waals surface area contributed by atoms with Crippen molar-refractivity contribution in [1.82, 2.24) is 9.97 Å². The summed E-state index contributed by atoms with van der Waals surface area (Å²) in [5.41, 5.74) is 3.77. The van der Waals surface area contributed by atoms with Gasteiger partial charge in [-0.05, 0) is 50.7 Å². The molecule has 0 saturated heterocycles. The van der Waals surface area contributed by atoms with Gasteiger partial charge in [-0.1, -0.05) is 49.9 Å². The highest BCUT2D eigenvalue weighted by Crippen LogP contribution is 2.44. The fraction of sp³-hybridized carbons (Fsp3) is 0.469. The standard InChI is InChI=1S/C32H36N4O4S/c1-32(2)25-15-21(17-33-28(25)35(3)30(32)40)23-10-6-7-11-24(23)26-18-41-31(34-26)36(22-12-13-22)29(39)20(16-27(37)38)14-19-8-4-5-9-19/h6-7,10-11,15,17-20,22H,4-5,8-9,12-14,16H2,1-3H3,(H,37,38)/t20-/m1/s1. The summed E-state index contributed by atoms with van der Waals surface area (Å²) in [5.74, 6) is -0.431. The number of carbonyl (C=O) groups excluding carboxylic acids is 2. The Kier molecular flexibility index (Phi) is 7.18. The van der Waals surface area contributed by atoms with Crippen molar-refractivity contribution in [2.24, 2.45) is 11.8 Å². The number of carboxylic acids is 1. The van der Waals surface area contributed by atoms with E-state index < -0.39 is 17.3 Å². The molecule has 1 atom stereocenters. The molecule has 8 nitrogen and oxygen atoms in total. The number of hydrogen-bond donors (Lipinski definition) is 1. The summed E-state index contributed by atoms with van der Waals surface area (Å²) in [6.45, 7) is 3.85. The van der Waals surface area contributed by atoms with Crippen molar-refractivity contribution >= 4 is 40.1 Å². The topological polar surface area (TPSA) is 104 Å². The zero-order valence-electron chi connectivity index (χ0n) is 23.8. The molecule has 0 radical (unpaired) electrons. The highest BCUT2D eigenvalue weighted by Gasteiger charge is 2.44. The van der Waals surface area contributed by atoms with E-state index in [9.17, 15) is 19.5 Å². The zero-order valence-corrected chi connectivity index (χ0v) is 24.6. The molecule has 41 heavy (non-hydrogen) atoms. The number of aliphatic carboxylic acids is 1. The third-order valence-electron chi connectivity index (χ3n) is 8.92. The van der Waals surface area contributed by atoms with Gasteiger partial charge >= 0.3 is 5.97 Å². The van der Waals surface area contributed by atoms with Crippen molar-refractivity contribution in [3.8, 4) is 22.4 Å². The molecule has 2 fully saturated rings. The lowest BCUT2D eigenvalue weighted by Gasteiger charge is -2.26. The molecule has 6 rings (SSSR count). The lowest BCUT2D eigenvalue weighted by molar-refractivity contribution is -0.141. The molecule has 214 valence electrons. The summed E-state index contributed by atoms with van der Waals surface area (Å²) in [6.07, 6.45) is 8.57. The lowest BCUT2D eigenvalue weighted by Crippen LogP contribution is -2.39. The lowest BCUT2D eigenvalue weighted by atomic mass is 9.85. The maximum absolute atomic E-state index is 13.9. The second kappa shape index (κ2) is 10.7. The predicted octanol–water partition coefficient (Wildman–Crippen LogP) is 6.29. The van der Waals surface area contributed by atoms with E-state index in [1.807, 2.05) is 43.5 Å². The minimum atomic E-state index is -0.926. The van der Waals surface area contributed by atoms with Crippen molar-refractivity contribution < 1.29 is 19.5 Å². The molecule has 9 heteroatoms. The van der Waals surface area contributed by atoms with Gasteiger partial charge in [-0.15, -0.1) is 11.3 Å². The van der Waals surface area contributed by atoms with E-state index in [-0.39, 0.29) is 24.3 Å². The van der Waals surface area contributed by atoms with Crippen molar-refractivity contribution in [3.63, 3.8) is 0 Å². The minimum Gasteiger partial charge on any atom is -0.481 e. The second-order valence-corrected chi connectivity index (χ2v) is 13.1. The van der Waals surface area contributed by atoms with Crippen LogP contribution in [0.15, 0.2) is 41.9 Å². The number of fused-ring (bicyclic) bond motifs is 1. The van der Waals surface area contributed by atoms with Crippen LogP contribution in [-0.4, -0.2) is 45.9 Å². The molecule has 3 aliphatic rings. The number of carboxylic acid groups (broad SMARTS) is 1. The molecular weight excluding hydrogens is 536 g/mol. The third kappa shape index (κ3) is 5.16. The number of anilines is 2. The largest absolute Gasteiger partial charge is 0.481 e. The minimum absolute atomic E-state index is 0.0218. The number of nitrogens with zero attached hydrogens (tertiary/aromatic N) is 4. The van der Waals surface area contributed by atoms with Gasteiger partial charge in [0.05, 0.1) is 17.5 Å². The van der Waals surface area contributed by atoms with Gasteiger partial charge in [-0.25, -0.2) is 9.97 Å². The van der Waals surface area contributed by atoms with Crippen LogP contribution in [0.3, 0.4) is 0 Å². The Balaban J connectivity index is 1.32. The summed E-state index contributed by atoms with van der Waals surface area (Å²) in [5, 5.41) is 12.2. The average Bonchev–Trinajstić information content (AvgIpc) is 3.36. The molecule has 2 amide bonds. The molecule has 0 bridgehead atoms. The van der Waals surface area contributed by atoms with E-state index in [0.29, 0.717) is 23.3 Å². The first-order chi connectivity index (χ1) is 19.6. The summed E-state index contributed by atoms with van der Waals surface area (Å²) >= 11 is 1.43. The van der Waals surface area contributed by atoms with Gasteiger partial charge in [0, 0.05) is 47.3 Å². The molecular formula is C32H36N4O4S. The number of aromatic nitrogens is 2. The quantitative estimate of drug-likeness (QED) is 0.323. The van der Waals surface area contributed by atoms with Gasteiger partial charge in [0.2, 0.25) is 11.8 Å². The number of likely N-dealkylation sites (N-methyl/N-ethyl adjacent to an activating group) is 1. The molecule has 3 aromatic rings. The Hall–Kier alpha value is -3.59. The monoisotopic (exact) mass is 572 g/mol. The van der Waals surface area contributed by atoms with E-state index in [4.69, 9.17) is 4.98 Å². The van der Waals surface area contributed by atoms with E-state index in [1.54, 1.807) is 23.0 Å². The molecule has 0 unspecified atom stereocenters. The Morgan fingerprint density at radius 3 is 2.54 bits per heavy atom. The fourth-order valence-corrected chi connectivity index (χ4v) is 7.41. The first kappa shape index (κ1) is 27.6. The van der Waals surface area contributed by atoms with Crippen LogP contribution < -0.4 is 9.80 Å². The van der Waals surface area contributed by atoms with Crippen LogP contribution in [0.25, 0.3) is 22.4 Å². The first-order valence-corrected chi connectivity index (χ1v) is 15.4. The number of pyridine rings is 1. The average molecular weight is 573 g/mol. The maximum atomic E-state index is 13.9. The Morgan fingerprint density at radius 1 is 1.15 bits per heavy atom. The molecule has 2 aromatic heterocycles. The van der Waals surface area contributed by atoms with Crippen molar-refractivity contribution in [2.75, 3.05) is 16.8 Å². The zero-order chi connectivity index (χ0) is 28.9. The van der Waals surface area contributed by atoms with Crippen LogP contribution in [0.4, 0.5) is 10.9 Å². The number of carbonyl (C=O) groups is 3. The Morgan fingerprint density at radius 2 is 1.85 bits per heavy atom. The molecule has 1 N–H and O–H groups in total. The predicted molar refractivity (Wildman–Crippen MR) is 160 cm³/mol. The van der Waals surface area contributed by atoms with Gasteiger partial charge < -0.3 is 5.11 Å². The second-order valence-electron chi connectivity index (χ2n) is 12.3. The highest BCUT2D eigenvalue weighted by atomic mass is 32.1. The van der Waals surface area contributed by atoms with Crippen molar-refractivity contribution in [3.05, 3.63) is 47.5 Å². The normalized spacial score (nSPS) is 18.9. The fourth-order valence-electron chi connectivity index (χ4n) is 6.51. The number of thiazole rings is 1. The molecule has 1 aromatic carbocycles. The van der Waals surface area contributed by atoms with Gasteiger partial charge in [0.25, 0.3) is 0 Å². The SMILES string of the molecule is CN1C(=O)C(C)(C)c2cc(-c3ccccc3-c3csc(N(C(=O)[C@@H](CC(=O)O)CC4CCCC4)C4CC4)n3)cnc21. The molecule has 1 aliphatic heterocycles. The Labute approximate surface area is 244 Å². The smallest absolute Gasteiger partial charge is 0.304 e. The molecule has 2 aliphatic carbocycles. The molecule has 3 heterocycles. The Bertz CT molecular complexity index is 1500. The van der Waals surface area contributed by atoms with E-state index >= 15 is 0 Å². The van der Waals surface area contributed by atoms with E-state index in [0.717, 1.165) is 66.5 Å². The number of amides is 2. The summed E-state index contributed by atoms with van der Waals surface area (Å²) in [6, 6.07) is 10.1.